The monoisotopic (exact) mass is 344 g/mol. The second-order valence-electron chi connectivity index (χ2n) is 4.85. The molecule has 0 saturated heterocycles. The maximum absolute atomic E-state index is 4.66. The first kappa shape index (κ1) is 19.8. The summed E-state index contributed by atoms with van der Waals surface area (Å²) in [5.74, 6) is 1.87. The summed E-state index contributed by atoms with van der Waals surface area (Å²) in [5.41, 5.74) is 0. The van der Waals surface area contributed by atoms with Crippen LogP contribution in [0.3, 0.4) is 0 Å². The minimum atomic E-state index is 0.514. The van der Waals surface area contributed by atoms with Gasteiger partial charge in [0.15, 0.2) is 0 Å². The van der Waals surface area contributed by atoms with Crippen molar-refractivity contribution in [1.82, 2.24) is 0 Å². The van der Waals surface area contributed by atoms with Gasteiger partial charge in [0.2, 0.25) is 0 Å². The fourth-order valence-corrected chi connectivity index (χ4v) is 3.93. The number of thiol groups is 5. The largest absolute Gasteiger partial charge is 0.179 e. The van der Waals surface area contributed by atoms with E-state index in [1.165, 1.54) is 38.5 Å². The first-order valence-corrected chi connectivity index (χ1v) is 9.67. The highest BCUT2D eigenvalue weighted by molar-refractivity contribution is 7.82. The van der Waals surface area contributed by atoms with E-state index in [0.717, 1.165) is 24.3 Å². The van der Waals surface area contributed by atoms with Gasteiger partial charge in [-0.25, -0.2) is 0 Å². The van der Waals surface area contributed by atoms with E-state index in [2.05, 4.69) is 63.1 Å². The highest BCUT2D eigenvalue weighted by Crippen LogP contribution is 2.20. The van der Waals surface area contributed by atoms with Crippen LogP contribution in [0.4, 0.5) is 0 Å². The van der Waals surface area contributed by atoms with Gasteiger partial charge >= 0.3 is 0 Å². The number of hydrogen-bond donors (Lipinski definition) is 5. The number of hydrogen-bond acceptors (Lipinski definition) is 5. The lowest BCUT2D eigenvalue weighted by Gasteiger charge is -2.14. The summed E-state index contributed by atoms with van der Waals surface area (Å²) in [5, 5.41) is 1.57. The third-order valence-electron chi connectivity index (χ3n) is 3.07. The fraction of sp³-hybridized carbons (Fsp3) is 1.00. The van der Waals surface area contributed by atoms with Crippen molar-refractivity contribution in [2.45, 2.75) is 67.1 Å². The molecule has 0 aliphatic carbocycles. The minimum absolute atomic E-state index is 0.514. The summed E-state index contributed by atoms with van der Waals surface area (Å²) < 4.78 is 0. The van der Waals surface area contributed by atoms with E-state index in [9.17, 15) is 0 Å². The lowest BCUT2D eigenvalue weighted by atomic mass is 10.0. The highest BCUT2D eigenvalue weighted by atomic mass is 32.1. The molecule has 0 nitrogen and oxygen atoms in total. The van der Waals surface area contributed by atoms with Crippen molar-refractivity contribution in [3.63, 3.8) is 0 Å². The molecule has 0 aliphatic heterocycles. The highest BCUT2D eigenvalue weighted by Gasteiger charge is 2.08. The maximum atomic E-state index is 4.66. The molecule has 0 amide bonds. The molecule has 0 bridgehead atoms. The molecule has 5 heteroatoms. The lowest BCUT2D eigenvalue weighted by Crippen LogP contribution is -2.05. The summed E-state index contributed by atoms with van der Waals surface area (Å²) in [6.07, 6.45) is 9.47. The third-order valence-corrected chi connectivity index (χ3v) is 5.14. The molecule has 0 radical (unpaired) electrons. The van der Waals surface area contributed by atoms with E-state index in [0.29, 0.717) is 15.7 Å². The van der Waals surface area contributed by atoms with Crippen molar-refractivity contribution in [2.24, 2.45) is 0 Å². The quantitative estimate of drug-likeness (QED) is 0.307. The molecule has 2 atom stereocenters. The van der Waals surface area contributed by atoms with Crippen LogP contribution in [0.1, 0.15) is 51.4 Å². The zero-order valence-corrected chi connectivity index (χ0v) is 15.5. The van der Waals surface area contributed by atoms with Gasteiger partial charge in [0.05, 0.1) is 0 Å². The first-order valence-electron chi connectivity index (χ1n) is 6.86. The summed E-state index contributed by atoms with van der Waals surface area (Å²) in [7, 11) is 0. The van der Waals surface area contributed by atoms with Crippen molar-refractivity contribution in [3.05, 3.63) is 0 Å². The summed E-state index contributed by atoms with van der Waals surface area (Å²) in [6, 6.07) is 0. The second-order valence-corrected chi connectivity index (χ2v) is 7.93. The van der Waals surface area contributed by atoms with Crippen molar-refractivity contribution in [3.8, 4) is 0 Å². The van der Waals surface area contributed by atoms with Gasteiger partial charge in [0.25, 0.3) is 0 Å². The second kappa shape index (κ2) is 13.7. The van der Waals surface area contributed by atoms with Crippen molar-refractivity contribution in [2.75, 3.05) is 11.5 Å². The Bertz CT molecular complexity index is 159. The molecule has 0 saturated carbocycles. The van der Waals surface area contributed by atoms with Crippen LogP contribution in [0, 0.1) is 0 Å². The Morgan fingerprint density at radius 2 is 0.778 bits per heavy atom. The molecule has 0 heterocycles. The molecule has 18 heavy (non-hydrogen) atoms. The molecule has 0 aliphatic rings. The van der Waals surface area contributed by atoms with E-state index in [4.69, 9.17) is 0 Å². The Morgan fingerprint density at radius 3 is 1.06 bits per heavy atom. The predicted molar refractivity (Wildman–Crippen MR) is 103 cm³/mol. The van der Waals surface area contributed by atoms with Gasteiger partial charge in [-0.1, -0.05) is 12.8 Å². The van der Waals surface area contributed by atoms with E-state index < -0.39 is 0 Å². The van der Waals surface area contributed by atoms with Crippen molar-refractivity contribution >= 4 is 63.1 Å². The topological polar surface area (TPSA) is 0 Å². The smallest absolute Gasteiger partial charge is 0.00245 e. The van der Waals surface area contributed by atoms with Crippen molar-refractivity contribution in [1.29, 1.82) is 0 Å². The molecule has 0 aromatic heterocycles. The third kappa shape index (κ3) is 12.8. The summed E-state index contributed by atoms with van der Waals surface area (Å²) >= 11 is 22.2. The predicted octanol–water partition coefficient (Wildman–Crippen LogP) is 4.86. The zero-order chi connectivity index (χ0) is 13.8. The van der Waals surface area contributed by atoms with E-state index in [-0.39, 0.29) is 0 Å². The fourth-order valence-electron chi connectivity index (χ4n) is 1.91. The molecular formula is C13H28S5. The Labute approximate surface area is 141 Å². The molecular weight excluding hydrogens is 316 g/mol. The van der Waals surface area contributed by atoms with Gasteiger partial charge in [-0.05, 0) is 50.0 Å². The molecule has 2 unspecified atom stereocenters. The van der Waals surface area contributed by atoms with Crippen LogP contribution >= 0.6 is 63.1 Å². The van der Waals surface area contributed by atoms with Gasteiger partial charge in [0.1, 0.15) is 0 Å². The summed E-state index contributed by atoms with van der Waals surface area (Å²) in [4.78, 5) is 0. The normalized spacial score (nSPS) is 16.5. The van der Waals surface area contributed by atoms with Crippen LogP contribution in [-0.2, 0) is 0 Å². The molecule has 0 aromatic rings. The van der Waals surface area contributed by atoms with Gasteiger partial charge in [-0.3, -0.25) is 0 Å². The zero-order valence-electron chi connectivity index (χ0n) is 11.0. The van der Waals surface area contributed by atoms with Gasteiger partial charge < -0.3 is 0 Å². The minimum Gasteiger partial charge on any atom is -0.179 e. The van der Waals surface area contributed by atoms with Crippen molar-refractivity contribution < 1.29 is 0 Å². The molecule has 0 fully saturated rings. The Hall–Kier alpha value is 1.75. The standard InChI is InChI=1S/C13H28S5/c14-9-7-12(17)5-1-3-11(16)4-2-6-13(18)8-10-15/h11-18H,1-10H2. The van der Waals surface area contributed by atoms with Crippen LogP contribution in [0.25, 0.3) is 0 Å². The van der Waals surface area contributed by atoms with Crippen LogP contribution in [-0.4, -0.2) is 27.3 Å². The summed E-state index contributed by atoms with van der Waals surface area (Å²) in [6.45, 7) is 0. The average Bonchev–Trinajstić information content (AvgIpc) is 2.29. The Morgan fingerprint density at radius 1 is 0.500 bits per heavy atom. The first-order chi connectivity index (χ1) is 8.60. The van der Waals surface area contributed by atoms with Crippen LogP contribution in [0.5, 0.6) is 0 Å². The van der Waals surface area contributed by atoms with Gasteiger partial charge in [0, 0.05) is 15.7 Å². The molecule has 0 N–H and O–H groups in total. The lowest BCUT2D eigenvalue weighted by molar-refractivity contribution is 0.577. The van der Waals surface area contributed by atoms with Gasteiger partial charge in [-0.2, -0.15) is 63.1 Å². The average molecular weight is 345 g/mol. The number of rotatable bonds is 12. The Balaban J connectivity index is 3.39. The molecule has 0 spiro atoms. The van der Waals surface area contributed by atoms with E-state index in [1.54, 1.807) is 0 Å². The molecule has 110 valence electrons. The molecule has 0 aromatic carbocycles. The van der Waals surface area contributed by atoms with E-state index >= 15 is 0 Å². The Kier molecular flexibility index (Phi) is 15.1. The molecule has 0 rings (SSSR count). The van der Waals surface area contributed by atoms with Gasteiger partial charge in [-0.15, -0.1) is 0 Å². The maximum Gasteiger partial charge on any atom is 0.00245 e. The SMILES string of the molecule is SCCC(S)CCCC(S)CCCC(S)CCS. The van der Waals surface area contributed by atoms with Crippen LogP contribution in [0.15, 0.2) is 0 Å². The van der Waals surface area contributed by atoms with E-state index in [1.807, 2.05) is 0 Å². The van der Waals surface area contributed by atoms with Crippen LogP contribution in [0.2, 0.25) is 0 Å². The van der Waals surface area contributed by atoms with Crippen LogP contribution < -0.4 is 0 Å².